The van der Waals surface area contributed by atoms with Crippen LogP contribution in [0.2, 0.25) is 10.0 Å². The zero-order chi connectivity index (χ0) is 26.5. The summed E-state index contributed by atoms with van der Waals surface area (Å²) in [5, 5.41) is 14.2. The first-order valence-electron chi connectivity index (χ1n) is 11.2. The molecule has 2 unspecified atom stereocenters. The summed E-state index contributed by atoms with van der Waals surface area (Å²) in [4.78, 5) is 37.0. The molecule has 0 aliphatic carbocycles. The number of carbonyl (C=O) groups is 2. The number of benzene rings is 2. The zero-order valence-corrected chi connectivity index (χ0v) is 21.5. The maximum atomic E-state index is 12.8. The molecule has 0 radical (unpaired) electrons. The summed E-state index contributed by atoms with van der Waals surface area (Å²) in [6.07, 6.45) is -1.75. The Morgan fingerprint density at radius 1 is 1.17 bits per heavy atom. The van der Waals surface area contributed by atoms with Crippen molar-refractivity contribution in [1.82, 2.24) is 10.2 Å². The van der Waals surface area contributed by atoms with E-state index in [1.165, 1.54) is 24.3 Å². The van der Waals surface area contributed by atoms with Crippen molar-refractivity contribution in [3.63, 3.8) is 0 Å². The highest BCUT2D eigenvalue weighted by atomic mass is 35.5. The summed E-state index contributed by atoms with van der Waals surface area (Å²) < 4.78 is 16.8. The number of carbonyl (C=O) groups excluding carboxylic acids is 2. The number of nitrogens with one attached hydrogen (secondary N) is 1. The molecule has 0 bridgehead atoms. The third-order valence-electron chi connectivity index (χ3n) is 5.29. The van der Waals surface area contributed by atoms with Gasteiger partial charge < -0.3 is 24.4 Å². The van der Waals surface area contributed by atoms with Crippen molar-refractivity contribution in [3.05, 3.63) is 68.2 Å². The van der Waals surface area contributed by atoms with Gasteiger partial charge in [0.2, 0.25) is 0 Å². The van der Waals surface area contributed by atoms with Crippen molar-refractivity contribution in [2.24, 2.45) is 0 Å². The van der Waals surface area contributed by atoms with E-state index in [-0.39, 0.29) is 37.1 Å². The smallest absolute Gasteiger partial charge is 0.412 e. The van der Waals surface area contributed by atoms with Crippen LogP contribution in [-0.4, -0.2) is 60.0 Å². The van der Waals surface area contributed by atoms with Gasteiger partial charge in [0.05, 0.1) is 27.7 Å². The molecule has 1 N–H and O–H groups in total. The Morgan fingerprint density at radius 2 is 1.86 bits per heavy atom. The van der Waals surface area contributed by atoms with Crippen molar-refractivity contribution in [3.8, 4) is 5.75 Å². The minimum absolute atomic E-state index is 0.0683. The molecule has 0 spiro atoms. The zero-order valence-electron chi connectivity index (χ0n) is 20.0. The second-order valence-corrected chi connectivity index (χ2v) is 9.95. The van der Waals surface area contributed by atoms with Gasteiger partial charge in [-0.3, -0.25) is 10.1 Å². The fourth-order valence-electron chi connectivity index (χ4n) is 3.60. The SMILES string of the molecule is CC(C)(C)OC(=O)N1CCOC(CNC(=O)Oc2ccc([N+](=O)[O-])cc2)C(c2ccc(Cl)c(Cl)c2)C1. The molecule has 2 amide bonds. The summed E-state index contributed by atoms with van der Waals surface area (Å²) in [5.41, 5.74) is -0.00431. The van der Waals surface area contributed by atoms with Gasteiger partial charge in [-0.05, 0) is 50.6 Å². The maximum absolute atomic E-state index is 12.8. The number of halogens is 2. The Hall–Kier alpha value is -3.08. The molecule has 1 saturated heterocycles. The van der Waals surface area contributed by atoms with Gasteiger partial charge in [0.15, 0.2) is 0 Å². The topological polar surface area (TPSA) is 120 Å². The first-order chi connectivity index (χ1) is 16.9. The minimum atomic E-state index is -0.756. The fraction of sp³-hybridized carbons (Fsp3) is 0.417. The first kappa shape index (κ1) is 27.5. The van der Waals surface area contributed by atoms with E-state index in [1.54, 1.807) is 43.9 Å². The summed E-state index contributed by atoms with van der Waals surface area (Å²) >= 11 is 12.3. The van der Waals surface area contributed by atoms with Crippen LogP contribution >= 0.6 is 23.2 Å². The van der Waals surface area contributed by atoms with Gasteiger partial charge in [0.25, 0.3) is 5.69 Å². The average Bonchev–Trinajstić information content (AvgIpc) is 3.01. The molecule has 1 aliphatic heterocycles. The summed E-state index contributed by atoms with van der Waals surface area (Å²) in [6.45, 7) is 6.23. The van der Waals surface area contributed by atoms with Crippen LogP contribution in [0.25, 0.3) is 0 Å². The van der Waals surface area contributed by atoms with Gasteiger partial charge >= 0.3 is 12.2 Å². The second-order valence-electron chi connectivity index (χ2n) is 9.14. The van der Waals surface area contributed by atoms with E-state index < -0.39 is 28.8 Å². The molecule has 0 saturated carbocycles. The van der Waals surface area contributed by atoms with Crippen LogP contribution in [0, 0.1) is 10.1 Å². The lowest BCUT2D eigenvalue weighted by Crippen LogP contribution is -2.42. The molecule has 1 aliphatic rings. The molecule has 0 aromatic heterocycles. The van der Waals surface area contributed by atoms with Gasteiger partial charge in [-0.25, -0.2) is 9.59 Å². The monoisotopic (exact) mass is 539 g/mol. The van der Waals surface area contributed by atoms with Crippen molar-refractivity contribution in [1.29, 1.82) is 0 Å². The predicted molar refractivity (Wildman–Crippen MR) is 134 cm³/mol. The van der Waals surface area contributed by atoms with Gasteiger partial charge in [-0.1, -0.05) is 29.3 Å². The third-order valence-corrected chi connectivity index (χ3v) is 6.03. The maximum Gasteiger partial charge on any atom is 0.412 e. The highest BCUT2D eigenvalue weighted by Gasteiger charge is 2.34. The van der Waals surface area contributed by atoms with E-state index in [9.17, 15) is 19.7 Å². The van der Waals surface area contributed by atoms with Crippen LogP contribution < -0.4 is 10.1 Å². The van der Waals surface area contributed by atoms with E-state index in [4.69, 9.17) is 37.4 Å². The number of hydrogen-bond acceptors (Lipinski definition) is 7. The number of hydrogen-bond donors (Lipinski definition) is 1. The molecule has 194 valence electrons. The normalized spacial score (nSPS) is 18.2. The number of nitrogens with zero attached hydrogens (tertiary/aromatic N) is 2. The van der Waals surface area contributed by atoms with Crippen molar-refractivity contribution >= 4 is 41.1 Å². The van der Waals surface area contributed by atoms with Gasteiger partial charge in [0, 0.05) is 37.7 Å². The van der Waals surface area contributed by atoms with Crippen LogP contribution in [0.3, 0.4) is 0 Å². The molecule has 2 aromatic carbocycles. The number of nitro groups is 1. The molecule has 2 aromatic rings. The highest BCUT2D eigenvalue weighted by molar-refractivity contribution is 6.42. The molecular formula is C24H27Cl2N3O7. The number of amides is 2. The van der Waals surface area contributed by atoms with E-state index in [1.807, 2.05) is 0 Å². The van der Waals surface area contributed by atoms with E-state index in [0.717, 1.165) is 5.56 Å². The van der Waals surface area contributed by atoms with Gasteiger partial charge in [0.1, 0.15) is 11.4 Å². The molecular weight excluding hydrogens is 513 g/mol. The summed E-state index contributed by atoms with van der Waals surface area (Å²) in [6, 6.07) is 10.3. The Morgan fingerprint density at radius 3 is 2.47 bits per heavy atom. The van der Waals surface area contributed by atoms with E-state index >= 15 is 0 Å². The van der Waals surface area contributed by atoms with Crippen molar-refractivity contribution < 1.29 is 28.7 Å². The molecule has 1 fully saturated rings. The third kappa shape index (κ3) is 7.71. The van der Waals surface area contributed by atoms with Crippen LogP contribution in [0.1, 0.15) is 32.3 Å². The van der Waals surface area contributed by atoms with Crippen LogP contribution in [-0.2, 0) is 9.47 Å². The molecule has 1 heterocycles. The second kappa shape index (κ2) is 11.8. The summed E-state index contributed by atoms with van der Waals surface area (Å²) in [5.74, 6) is -0.216. The van der Waals surface area contributed by atoms with Crippen molar-refractivity contribution in [2.45, 2.75) is 38.4 Å². The number of non-ortho nitro benzene ring substituents is 1. The fourth-order valence-corrected chi connectivity index (χ4v) is 3.90. The Bertz CT molecular complexity index is 1110. The number of ether oxygens (including phenoxy) is 3. The van der Waals surface area contributed by atoms with Crippen LogP contribution in [0.15, 0.2) is 42.5 Å². The van der Waals surface area contributed by atoms with E-state index in [2.05, 4.69) is 5.32 Å². The van der Waals surface area contributed by atoms with Gasteiger partial charge in [-0.2, -0.15) is 0 Å². The first-order valence-corrected chi connectivity index (χ1v) is 11.9. The minimum Gasteiger partial charge on any atom is -0.444 e. The van der Waals surface area contributed by atoms with Crippen LogP contribution in [0.5, 0.6) is 5.75 Å². The van der Waals surface area contributed by atoms with E-state index in [0.29, 0.717) is 16.6 Å². The number of nitro benzene ring substituents is 1. The molecule has 3 rings (SSSR count). The molecule has 10 nitrogen and oxygen atoms in total. The molecule has 36 heavy (non-hydrogen) atoms. The Balaban J connectivity index is 1.73. The average molecular weight is 540 g/mol. The lowest BCUT2D eigenvalue weighted by molar-refractivity contribution is -0.384. The van der Waals surface area contributed by atoms with Crippen molar-refractivity contribution in [2.75, 3.05) is 26.2 Å². The molecule has 2 atom stereocenters. The predicted octanol–water partition coefficient (Wildman–Crippen LogP) is 5.41. The number of rotatable bonds is 5. The standard InChI is InChI=1S/C24H27Cl2N3O7/c1-24(2,3)36-23(31)28-10-11-34-21(18(14-28)15-4-9-19(25)20(26)12-15)13-27-22(30)35-17-7-5-16(6-8-17)29(32)33/h4-9,12,18,21H,10-11,13-14H2,1-3H3,(H,27,30). The van der Waals surface area contributed by atoms with Gasteiger partial charge in [-0.15, -0.1) is 0 Å². The lowest BCUT2D eigenvalue weighted by atomic mass is 9.92. The molecule has 12 heteroatoms. The highest BCUT2D eigenvalue weighted by Crippen LogP contribution is 2.31. The Kier molecular flexibility index (Phi) is 8.99. The largest absolute Gasteiger partial charge is 0.444 e. The van der Waals surface area contributed by atoms with Crippen LogP contribution in [0.4, 0.5) is 15.3 Å². The quantitative estimate of drug-likeness (QED) is 0.398. The Labute approximate surface area is 218 Å². The summed E-state index contributed by atoms with van der Waals surface area (Å²) in [7, 11) is 0. The lowest BCUT2D eigenvalue weighted by Gasteiger charge is -2.30.